The summed E-state index contributed by atoms with van der Waals surface area (Å²) in [5, 5.41) is 9.71. The third-order valence-corrected chi connectivity index (χ3v) is 7.21. The van der Waals surface area contributed by atoms with Gasteiger partial charge in [-0.25, -0.2) is 0 Å². The fourth-order valence-corrected chi connectivity index (χ4v) is 5.20. The molecule has 4 aliphatic rings. The predicted molar refractivity (Wildman–Crippen MR) is 101 cm³/mol. The highest BCUT2D eigenvalue weighted by Gasteiger charge is 2.46. The Morgan fingerprint density at radius 1 is 0.750 bits per heavy atom. The first-order valence-electron chi connectivity index (χ1n) is 11.2. The molecule has 1 heterocycles. The van der Waals surface area contributed by atoms with E-state index >= 15 is 0 Å². The summed E-state index contributed by atoms with van der Waals surface area (Å²) in [6.45, 7) is 1.01. The molecule has 28 heavy (non-hydrogen) atoms. The molecule has 0 aromatic heterocycles. The Morgan fingerprint density at radius 2 is 1.36 bits per heavy atom. The number of esters is 2. The third-order valence-electron chi connectivity index (χ3n) is 7.21. The Balaban J connectivity index is 1.09. The van der Waals surface area contributed by atoms with Gasteiger partial charge in [0.2, 0.25) is 0 Å². The van der Waals surface area contributed by atoms with E-state index in [1.807, 2.05) is 0 Å². The van der Waals surface area contributed by atoms with Crippen LogP contribution in [0, 0.1) is 23.7 Å². The number of rotatable bonds is 6. The van der Waals surface area contributed by atoms with Crippen molar-refractivity contribution in [2.45, 2.75) is 88.9 Å². The van der Waals surface area contributed by atoms with Crippen LogP contribution in [0.2, 0.25) is 0 Å². The number of epoxide rings is 1. The largest absolute Gasteiger partial charge is 0.465 e. The second-order valence-electron chi connectivity index (χ2n) is 9.39. The summed E-state index contributed by atoms with van der Waals surface area (Å²) in [6, 6.07) is 0. The molecule has 4 unspecified atom stereocenters. The summed E-state index contributed by atoms with van der Waals surface area (Å²) in [5.41, 5.74) is 0. The molecule has 1 saturated heterocycles. The van der Waals surface area contributed by atoms with Crippen molar-refractivity contribution in [3.63, 3.8) is 0 Å². The van der Waals surface area contributed by atoms with E-state index < -0.39 is 0 Å². The van der Waals surface area contributed by atoms with Crippen molar-refractivity contribution < 1.29 is 28.9 Å². The zero-order valence-electron chi connectivity index (χ0n) is 16.7. The SMILES string of the molecule is O=C(OCC1CCC(COC(=O)C2CCC[C@@H](O)C2)CC1)C1CCC2OC2C1. The Morgan fingerprint density at radius 3 is 1.93 bits per heavy atom. The highest BCUT2D eigenvalue weighted by atomic mass is 16.6. The van der Waals surface area contributed by atoms with Crippen LogP contribution in [-0.2, 0) is 23.8 Å². The number of hydrogen-bond donors (Lipinski definition) is 1. The van der Waals surface area contributed by atoms with Gasteiger partial charge >= 0.3 is 11.9 Å². The molecule has 3 saturated carbocycles. The number of carbonyl (C=O) groups is 2. The maximum atomic E-state index is 12.3. The lowest BCUT2D eigenvalue weighted by Crippen LogP contribution is -2.30. The van der Waals surface area contributed by atoms with Crippen molar-refractivity contribution in [1.29, 1.82) is 0 Å². The molecule has 0 aromatic rings. The highest BCUT2D eigenvalue weighted by molar-refractivity contribution is 5.73. The van der Waals surface area contributed by atoms with E-state index in [2.05, 4.69) is 0 Å². The molecular formula is C22H34O6. The molecule has 0 amide bonds. The lowest BCUT2D eigenvalue weighted by Gasteiger charge is -2.29. The molecule has 1 N–H and O–H groups in total. The summed E-state index contributed by atoms with van der Waals surface area (Å²) in [6.07, 6.45) is 10.3. The summed E-state index contributed by atoms with van der Waals surface area (Å²) in [4.78, 5) is 24.5. The molecule has 0 spiro atoms. The zero-order chi connectivity index (χ0) is 19.5. The van der Waals surface area contributed by atoms with Crippen molar-refractivity contribution in [2.75, 3.05) is 13.2 Å². The maximum Gasteiger partial charge on any atom is 0.309 e. The van der Waals surface area contributed by atoms with Crippen LogP contribution < -0.4 is 0 Å². The van der Waals surface area contributed by atoms with Crippen LogP contribution in [0.3, 0.4) is 0 Å². The number of fused-ring (bicyclic) bond motifs is 1. The molecule has 5 atom stereocenters. The highest BCUT2D eigenvalue weighted by Crippen LogP contribution is 2.40. The average Bonchev–Trinajstić information content (AvgIpc) is 3.50. The van der Waals surface area contributed by atoms with E-state index in [0.717, 1.165) is 64.2 Å². The first-order valence-corrected chi connectivity index (χ1v) is 11.2. The fourth-order valence-electron chi connectivity index (χ4n) is 5.20. The van der Waals surface area contributed by atoms with Crippen molar-refractivity contribution in [3.8, 4) is 0 Å². The van der Waals surface area contributed by atoms with Crippen LogP contribution in [0.1, 0.15) is 70.6 Å². The minimum absolute atomic E-state index is 0.0257. The van der Waals surface area contributed by atoms with Gasteiger partial charge in [0.05, 0.1) is 43.4 Å². The molecule has 6 heteroatoms. The van der Waals surface area contributed by atoms with Gasteiger partial charge < -0.3 is 19.3 Å². The van der Waals surface area contributed by atoms with Crippen LogP contribution >= 0.6 is 0 Å². The normalized spacial score (nSPS) is 40.2. The van der Waals surface area contributed by atoms with Crippen LogP contribution in [0.5, 0.6) is 0 Å². The third kappa shape index (κ3) is 5.26. The molecule has 0 bridgehead atoms. The van der Waals surface area contributed by atoms with Crippen LogP contribution in [-0.4, -0.2) is 48.6 Å². The quantitative estimate of drug-likeness (QED) is 0.551. The van der Waals surface area contributed by atoms with Crippen molar-refractivity contribution in [2.24, 2.45) is 23.7 Å². The molecule has 0 aromatic carbocycles. The lowest BCUT2D eigenvalue weighted by molar-refractivity contribution is -0.154. The molecule has 1 aliphatic heterocycles. The summed E-state index contributed by atoms with van der Waals surface area (Å²) in [5.74, 6) is 0.557. The molecule has 4 fully saturated rings. The van der Waals surface area contributed by atoms with E-state index in [1.54, 1.807) is 0 Å². The number of aliphatic hydroxyl groups is 1. The number of hydrogen-bond acceptors (Lipinski definition) is 6. The van der Waals surface area contributed by atoms with Crippen molar-refractivity contribution in [1.82, 2.24) is 0 Å². The standard InChI is InChI=1S/C22H34O6/c23-18-3-1-2-16(10-18)21(24)26-12-14-4-6-15(7-5-14)13-27-22(25)17-8-9-19-20(11-17)28-19/h14-20,23H,1-13H2/t14?,15?,16?,17?,18-,19?,20?/m1/s1. The van der Waals surface area contributed by atoms with E-state index in [4.69, 9.17) is 14.2 Å². The first-order chi connectivity index (χ1) is 13.6. The first kappa shape index (κ1) is 20.1. The van der Waals surface area contributed by atoms with Gasteiger partial charge in [0.15, 0.2) is 0 Å². The Labute approximate surface area is 167 Å². The smallest absolute Gasteiger partial charge is 0.309 e. The van der Waals surface area contributed by atoms with E-state index in [9.17, 15) is 14.7 Å². The minimum atomic E-state index is -0.351. The molecular weight excluding hydrogens is 360 g/mol. The van der Waals surface area contributed by atoms with E-state index in [-0.39, 0.29) is 29.9 Å². The summed E-state index contributed by atoms with van der Waals surface area (Å²) < 4.78 is 16.6. The monoisotopic (exact) mass is 394 g/mol. The second-order valence-corrected chi connectivity index (χ2v) is 9.39. The average molecular weight is 395 g/mol. The van der Waals surface area contributed by atoms with Gasteiger partial charge in [-0.1, -0.05) is 6.42 Å². The van der Waals surface area contributed by atoms with Crippen molar-refractivity contribution in [3.05, 3.63) is 0 Å². The molecule has 3 aliphatic carbocycles. The van der Waals surface area contributed by atoms with Crippen molar-refractivity contribution >= 4 is 11.9 Å². The molecule has 6 nitrogen and oxygen atoms in total. The topological polar surface area (TPSA) is 85.4 Å². The van der Waals surface area contributed by atoms with E-state index in [1.165, 1.54) is 0 Å². The Bertz CT molecular complexity index is 525. The lowest BCUT2D eigenvalue weighted by atomic mass is 9.82. The Hall–Kier alpha value is -1.14. The van der Waals surface area contributed by atoms with Gasteiger partial charge in [-0.15, -0.1) is 0 Å². The van der Waals surface area contributed by atoms with Gasteiger partial charge in [0.25, 0.3) is 0 Å². The van der Waals surface area contributed by atoms with Gasteiger partial charge in [-0.05, 0) is 76.0 Å². The zero-order valence-corrected chi connectivity index (χ0v) is 16.7. The fraction of sp³-hybridized carbons (Fsp3) is 0.909. The van der Waals surface area contributed by atoms with Gasteiger partial charge in [0, 0.05) is 0 Å². The van der Waals surface area contributed by atoms with Gasteiger partial charge in [-0.2, -0.15) is 0 Å². The molecule has 0 radical (unpaired) electrons. The van der Waals surface area contributed by atoms with E-state index in [0.29, 0.717) is 43.7 Å². The van der Waals surface area contributed by atoms with Crippen LogP contribution in [0.25, 0.3) is 0 Å². The predicted octanol–water partition coefficient (Wildman–Crippen LogP) is 3.00. The van der Waals surface area contributed by atoms with Crippen LogP contribution in [0.4, 0.5) is 0 Å². The van der Waals surface area contributed by atoms with Gasteiger partial charge in [-0.3, -0.25) is 9.59 Å². The summed E-state index contributed by atoms with van der Waals surface area (Å²) in [7, 11) is 0. The summed E-state index contributed by atoms with van der Waals surface area (Å²) >= 11 is 0. The van der Waals surface area contributed by atoms with Crippen LogP contribution in [0.15, 0.2) is 0 Å². The maximum absolute atomic E-state index is 12.3. The Kier molecular flexibility index (Phi) is 6.56. The number of ether oxygens (including phenoxy) is 3. The number of carbonyl (C=O) groups excluding carboxylic acids is 2. The minimum Gasteiger partial charge on any atom is -0.465 e. The molecule has 158 valence electrons. The van der Waals surface area contributed by atoms with Gasteiger partial charge in [0.1, 0.15) is 0 Å². The number of aliphatic hydroxyl groups excluding tert-OH is 1. The molecule has 4 rings (SSSR count). The second kappa shape index (κ2) is 9.12.